The minimum atomic E-state index is 0.520. The van der Waals surface area contributed by atoms with Crippen molar-refractivity contribution in [3.63, 3.8) is 0 Å². The maximum Gasteiger partial charge on any atom is 0.257 e. The summed E-state index contributed by atoms with van der Waals surface area (Å²) in [6.45, 7) is 1.78. The SMILES string of the molecule is C#Cc1ccc(-c2nc(C)no2)cc1. The predicted octanol–water partition coefficient (Wildman–Crippen LogP) is 2.03. The Morgan fingerprint density at radius 3 is 2.50 bits per heavy atom. The number of nitrogens with zero attached hydrogens (tertiary/aromatic N) is 2. The van der Waals surface area contributed by atoms with Crippen LogP contribution in [0, 0.1) is 19.3 Å². The van der Waals surface area contributed by atoms with Crippen LogP contribution in [-0.4, -0.2) is 10.1 Å². The van der Waals surface area contributed by atoms with Gasteiger partial charge in [-0.1, -0.05) is 11.1 Å². The molecule has 0 aliphatic heterocycles. The summed E-state index contributed by atoms with van der Waals surface area (Å²) < 4.78 is 5.01. The second-order valence-electron chi connectivity index (χ2n) is 2.87. The molecule has 0 amide bonds. The summed E-state index contributed by atoms with van der Waals surface area (Å²) in [6, 6.07) is 7.41. The quantitative estimate of drug-likeness (QED) is 0.636. The highest BCUT2D eigenvalue weighted by molar-refractivity contribution is 5.54. The predicted molar refractivity (Wildman–Crippen MR) is 52.4 cm³/mol. The van der Waals surface area contributed by atoms with Gasteiger partial charge in [-0.05, 0) is 31.2 Å². The summed E-state index contributed by atoms with van der Waals surface area (Å²) >= 11 is 0. The molecule has 68 valence electrons. The van der Waals surface area contributed by atoms with Crippen LogP contribution in [0.3, 0.4) is 0 Å². The molecule has 0 bridgehead atoms. The molecule has 0 saturated carbocycles. The number of hydrogen-bond donors (Lipinski definition) is 0. The van der Waals surface area contributed by atoms with Gasteiger partial charge in [-0.15, -0.1) is 6.42 Å². The van der Waals surface area contributed by atoms with Crippen LogP contribution < -0.4 is 0 Å². The van der Waals surface area contributed by atoms with Crippen LogP contribution in [0.25, 0.3) is 11.5 Å². The lowest BCUT2D eigenvalue weighted by molar-refractivity contribution is 0.425. The molecule has 0 atom stereocenters. The Morgan fingerprint density at radius 2 is 2.00 bits per heavy atom. The zero-order valence-corrected chi connectivity index (χ0v) is 7.69. The summed E-state index contributed by atoms with van der Waals surface area (Å²) in [5, 5.41) is 3.71. The van der Waals surface area contributed by atoms with E-state index in [4.69, 9.17) is 10.9 Å². The van der Waals surface area contributed by atoms with Crippen LogP contribution in [0.2, 0.25) is 0 Å². The van der Waals surface area contributed by atoms with Crippen molar-refractivity contribution in [2.45, 2.75) is 6.92 Å². The lowest BCUT2D eigenvalue weighted by Crippen LogP contribution is -1.79. The Balaban J connectivity index is 2.39. The van der Waals surface area contributed by atoms with Gasteiger partial charge in [0.2, 0.25) is 0 Å². The van der Waals surface area contributed by atoms with E-state index in [1.807, 2.05) is 24.3 Å². The largest absolute Gasteiger partial charge is 0.334 e. The number of aryl methyl sites for hydroxylation is 1. The van der Waals surface area contributed by atoms with Crippen LogP contribution in [0.5, 0.6) is 0 Å². The standard InChI is InChI=1S/C11H8N2O/c1-3-9-4-6-10(7-5-9)11-12-8(2)13-14-11/h1,4-7H,2H3. The molecule has 2 aromatic rings. The Hall–Kier alpha value is -2.08. The zero-order valence-electron chi connectivity index (χ0n) is 7.69. The highest BCUT2D eigenvalue weighted by atomic mass is 16.5. The zero-order chi connectivity index (χ0) is 9.97. The van der Waals surface area contributed by atoms with Gasteiger partial charge in [-0.3, -0.25) is 0 Å². The van der Waals surface area contributed by atoms with E-state index in [0.717, 1.165) is 11.1 Å². The number of terminal acetylenes is 1. The fourth-order valence-electron chi connectivity index (χ4n) is 1.12. The number of hydrogen-bond acceptors (Lipinski definition) is 3. The monoisotopic (exact) mass is 184 g/mol. The average molecular weight is 184 g/mol. The van der Waals surface area contributed by atoms with Crippen molar-refractivity contribution in [1.29, 1.82) is 0 Å². The van der Waals surface area contributed by atoms with Crippen LogP contribution in [0.15, 0.2) is 28.8 Å². The molecule has 1 heterocycles. The Morgan fingerprint density at radius 1 is 1.29 bits per heavy atom. The van der Waals surface area contributed by atoms with Gasteiger partial charge in [0.25, 0.3) is 5.89 Å². The fraction of sp³-hybridized carbons (Fsp3) is 0.0909. The maximum atomic E-state index is 5.24. The second-order valence-corrected chi connectivity index (χ2v) is 2.87. The summed E-state index contributed by atoms with van der Waals surface area (Å²) in [7, 11) is 0. The van der Waals surface area contributed by atoms with Gasteiger partial charge < -0.3 is 4.52 Å². The number of aromatic nitrogens is 2. The van der Waals surface area contributed by atoms with Crippen LogP contribution in [-0.2, 0) is 0 Å². The summed E-state index contributed by atoms with van der Waals surface area (Å²) in [4.78, 5) is 4.11. The maximum absolute atomic E-state index is 5.24. The smallest absolute Gasteiger partial charge is 0.257 e. The van der Waals surface area contributed by atoms with Crippen molar-refractivity contribution in [3.05, 3.63) is 35.7 Å². The second kappa shape index (κ2) is 3.35. The summed E-state index contributed by atoms with van der Waals surface area (Å²) in [5.41, 5.74) is 1.72. The molecule has 0 saturated heterocycles. The Labute approximate surface area is 81.8 Å². The van der Waals surface area contributed by atoms with E-state index in [-0.39, 0.29) is 0 Å². The van der Waals surface area contributed by atoms with E-state index < -0.39 is 0 Å². The molecule has 0 spiro atoms. The number of benzene rings is 1. The molecule has 3 nitrogen and oxygen atoms in total. The molecule has 0 radical (unpaired) electrons. The lowest BCUT2D eigenvalue weighted by Gasteiger charge is -1.93. The van der Waals surface area contributed by atoms with Gasteiger partial charge in [0.15, 0.2) is 5.82 Å². The van der Waals surface area contributed by atoms with Crippen molar-refractivity contribution in [2.75, 3.05) is 0 Å². The van der Waals surface area contributed by atoms with Crippen LogP contribution in [0.1, 0.15) is 11.4 Å². The highest BCUT2D eigenvalue weighted by Gasteiger charge is 2.04. The first-order valence-corrected chi connectivity index (χ1v) is 4.17. The normalized spacial score (nSPS) is 9.71. The van der Waals surface area contributed by atoms with Crippen molar-refractivity contribution in [1.82, 2.24) is 10.1 Å². The van der Waals surface area contributed by atoms with Gasteiger partial charge in [-0.25, -0.2) is 0 Å². The molecule has 2 rings (SSSR count). The third kappa shape index (κ3) is 1.50. The van der Waals surface area contributed by atoms with Gasteiger partial charge in [-0.2, -0.15) is 4.98 Å². The molecule has 1 aromatic heterocycles. The molecule has 0 aliphatic rings. The molecule has 0 fully saturated rings. The molecule has 0 aliphatic carbocycles. The summed E-state index contributed by atoms with van der Waals surface area (Å²) in [6.07, 6.45) is 5.24. The minimum Gasteiger partial charge on any atom is -0.334 e. The molecule has 0 unspecified atom stereocenters. The third-order valence-electron chi connectivity index (χ3n) is 1.83. The lowest BCUT2D eigenvalue weighted by atomic mass is 10.1. The molecule has 1 aromatic carbocycles. The van der Waals surface area contributed by atoms with E-state index in [0.29, 0.717) is 11.7 Å². The van der Waals surface area contributed by atoms with E-state index in [2.05, 4.69) is 16.1 Å². The first-order chi connectivity index (χ1) is 6.79. The summed E-state index contributed by atoms with van der Waals surface area (Å²) in [5.74, 6) is 3.69. The highest BCUT2D eigenvalue weighted by Crippen LogP contribution is 2.16. The van der Waals surface area contributed by atoms with Gasteiger partial charge in [0.05, 0.1) is 0 Å². The first-order valence-electron chi connectivity index (χ1n) is 4.17. The van der Waals surface area contributed by atoms with E-state index in [9.17, 15) is 0 Å². The van der Waals surface area contributed by atoms with Crippen molar-refractivity contribution in [2.24, 2.45) is 0 Å². The Kier molecular flexibility index (Phi) is 2.04. The molecule has 14 heavy (non-hydrogen) atoms. The van der Waals surface area contributed by atoms with Crippen LogP contribution in [0.4, 0.5) is 0 Å². The minimum absolute atomic E-state index is 0.520. The van der Waals surface area contributed by atoms with Crippen molar-refractivity contribution >= 4 is 0 Å². The van der Waals surface area contributed by atoms with E-state index >= 15 is 0 Å². The molecule has 0 N–H and O–H groups in total. The molecule has 3 heteroatoms. The first kappa shape index (κ1) is 8.52. The van der Waals surface area contributed by atoms with Gasteiger partial charge in [0.1, 0.15) is 0 Å². The molecular formula is C11H8N2O. The van der Waals surface area contributed by atoms with Crippen molar-refractivity contribution in [3.8, 4) is 23.8 Å². The van der Waals surface area contributed by atoms with Crippen LogP contribution >= 0.6 is 0 Å². The van der Waals surface area contributed by atoms with E-state index in [1.165, 1.54) is 0 Å². The molecular weight excluding hydrogens is 176 g/mol. The topological polar surface area (TPSA) is 38.9 Å². The Bertz CT molecular complexity index is 477. The average Bonchev–Trinajstić information content (AvgIpc) is 2.65. The fourth-order valence-corrected chi connectivity index (χ4v) is 1.12. The van der Waals surface area contributed by atoms with Gasteiger partial charge in [0, 0.05) is 11.1 Å². The third-order valence-corrected chi connectivity index (χ3v) is 1.83. The van der Waals surface area contributed by atoms with Crippen molar-refractivity contribution < 1.29 is 4.52 Å². The van der Waals surface area contributed by atoms with Gasteiger partial charge >= 0.3 is 0 Å². The van der Waals surface area contributed by atoms with E-state index in [1.54, 1.807) is 6.92 Å². The number of rotatable bonds is 1.